The Morgan fingerprint density at radius 2 is 1.88 bits per heavy atom. The zero-order chi connectivity index (χ0) is 13.0. The van der Waals surface area contributed by atoms with Crippen molar-refractivity contribution >= 4 is 8.58 Å². The molecule has 17 heavy (non-hydrogen) atoms. The van der Waals surface area contributed by atoms with Crippen molar-refractivity contribution in [2.24, 2.45) is 29.6 Å². The highest BCUT2D eigenvalue weighted by molar-refractivity contribution is 7.37. The molecule has 0 saturated heterocycles. The normalized spacial score (nSPS) is 33.5. The molecule has 0 bridgehead atoms. The summed E-state index contributed by atoms with van der Waals surface area (Å²) in [7, 11) is 1.12. The first kappa shape index (κ1) is 15.2. The Morgan fingerprint density at radius 3 is 2.35 bits per heavy atom. The Bertz CT molecular complexity index is 244. The summed E-state index contributed by atoms with van der Waals surface area (Å²) in [5.74, 6) is 4.43. The minimum atomic E-state index is 0.813. The summed E-state index contributed by atoms with van der Waals surface area (Å²) < 4.78 is 0. The Balaban J connectivity index is 2.29. The van der Waals surface area contributed by atoms with Gasteiger partial charge in [0.15, 0.2) is 0 Å². The first-order valence-electron chi connectivity index (χ1n) is 7.31. The van der Waals surface area contributed by atoms with Gasteiger partial charge in [0.25, 0.3) is 0 Å². The van der Waals surface area contributed by atoms with Crippen LogP contribution in [0.25, 0.3) is 0 Å². The number of allylic oxidation sites excluding steroid dienone is 2. The molecule has 1 fully saturated rings. The van der Waals surface area contributed by atoms with Gasteiger partial charge in [0.2, 0.25) is 0 Å². The van der Waals surface area contributed by atoms with Crippen LogP contribution in [0.15, 0.2) is 12.2 Å². The maximum Gasteiger partial charge on any atom is -0.0202 e. The molecule has 1 aliphatic carbocycles. The van der Waals surface area contributed by atoms with Crippen LogP contribution in [0.3, 0.4) is 0 Å². The predicted octanol–water partition coefficient (Wildman–Crippen LogP) is 5.19. The SMILES string of the molecule is CPC(C)C1CC(/C=C\CC(C)C(C)C)C1C. The Kier molecular flexibility index (Phi) is 6.21. The lowest BCUT2D eigenvalue weighted by molar-refractivity contribution is 0.127. The molecule has 1 aliphatic rings. The van der Waals surface area contributed by atoms with Gasteiger partial charge < -0.3 is 0 Å². The van der Waals surface area contributed by atoms with Gasteiger partial charge in [0, 0.05) is 0 Å². The lowest BCUT2D eigenvalue weighted by atomic mass is 9.64. The summed E-state index contributed by atoms with van der Waals surface area (Å²) in [6, 6.07) is 0. The highest BCUT2D eigenvalue weighted by atomic mass is 31.1. The lowest BCUT2D eigenvalue weighted by Gasteiger charge is -2.44. The van der Waals surface area contributed by atoms with E-state index in [2.05, 4.69) is 53.4 Å². The van der Waals surface area contributed by atoms with E-state index in [4.69, 9.17) is 0 Å². The van der Waals surface area contributed by atoms with Crippen molar-refractivity contribution in [3.63, 3.8) is 0 Å². The highest BCUT2D eigenvalue weighted by Gasteiger charge is 2.38. The van der Waals surface area contributed by atoms with Crippen LogP contribution in [-0.4, -0.2) is 12.3 Å². The fourth-order valence-electron chi connectivity index (χ4n) is 2.73. The second-order valence-electron chi connectivity index (χ2n) is 6.39. The fraction of sp³-hybridized carbons (Fsp3) is 0.875. The van der Waals surface area contributed by atoms with Crippen LogP contribution in [0, 0.1) is 29.6 Å². The molecule has 0 aliphatic heterocycles. The quantitative estimate of drug-likeness (QED) is 0.452. The molecule has 0 radical (unpaired) electrons. The van der Waals surface area contributed by atoms with Gasteiger partial charge in [0.1, 0.15) is 0 Å². The molecule has 1 heteroatoms. The highest BCUT2D eigenvalue weighted by Crippen LogP contribution is 2.47. The van der Waals surface area contributed by atoms with E-state index in [1.54, 1.807) is 0 Å². The first-order chi connectivity index (χ1) is 7.97. The van der Waals surface area contributed by atoms with E-state index in [9.17, 15) is 0 Å². The molecule has 0 aromatic rings. The van der Waals surface area contributed by atoms with Crippen LogP contribution in [0.5, 0.6) is 0 Å². The van der Waals surface area contributed by atoms with E-state index in [0.29, 0.717) is 0 Å². The number of hydrogen-bond donors (Lipinski definition) is 0. The summed E-state index contributed by atoms with van der Waals surface area (Å²) in [6.07, 6.45) is 7.65. The van der Waals surface area contributed by atoms with Gasteiger partial charge in [-0.1, -0.05) is 46.8 Å². The number of hydrogen-bond acceptors (Lipinski definition) is 0. The maximum atomic E-state index is 2.51. The summed E-state index contributed by atoms with van der Waals surface area (Å²) in [6.45, 7) is 14.2. The van der Waals surface area contributed by atoms with Crippen LogP contribution >= 0.6 is 8.58 Å². The van der Waals surface area contributed by atoms with Gasteiger partial charge in [-0.15, -0.1) is 8.58 Å². The van der Waals surface area contributed by atoms with Crippen LogP contribution in [0.2, 0.25) is 0 Å². The first-order valence-corrected chi connectivity index (χ1v) is 8.89. The number of rotatable bonds is 6. The molecular weight excluding hydrogens is 223 g/mol. The maximum absolute atomic E-state index is 2.51. The van der Waals surface area contributed by atoms with Crippen molar-refractivity contribution in [3.05, 3.63) is 12.2 Å². The monoisotopic (exact) mass is 254 g/mol. The van der Waals surface area contributed by atoms with Gasteiger partial charge in [-0.3, -0.25) is 0 Å². The summed E-state index contributed by atoms with van der Waals surface area (Å²) in [5.41, 5.74) is 0.948. The molecule has 0 N–H and O–H groups in total. The molecule has 0 nitrogen and oxygen atoms in total. The molecule has 0 heterocycles. The van der Waals surface area contributed by atoms with Crippen molar-refractivity contribution in [3.8, 4) is 0 Å². The van der Waals surface area contributed by atoms with E-state index in [-0.39, 0.29) is 0 Å². The fourth-order valence-corrected chi connectivity index (χ4v) is 3.60. The predicted molar refractivity (Wildman–Crippen MR) is 82.2 cm³/mol. The Morgan fingerprint density at radius 1 is 1.24 bits per heavy atom. The van der Waals surface area contributed by atoms with Gasteiger partial charge in [-0.2, -0.15) is 0 Å². The van der Waals surface area contributed by atoms with Crippen molar-refractivity contribution in [1.82, 2.24) is 0 Å². The van der Waals surface area contributed by atoms with Gasteiger partial charge in [-0.05, 0) is 54.8 Å². The molecule has 6 atom stereocenters. The smallest absolute Gasteiger partial charge is 0.0202 e. The van der Waals surface area contributed by atoms with E-state index in [0.717, 1.165) is 43.8 Å². The largest absolute Gasteiger partial charge is 0.122 e. The standard InChI is InChI=1S/C16H31P/c1-11(2)12(3)8-7-9-15-10-16(13(15)4)14(5)17-6/h7,9,11-17H,8,10H2,1-6H3/b9-7-. The minimum Gasteiger partial charge on any atom is -0.122 e. The van der Waals surface area contributed by atoms with Gasteiger partial charge in [-0.25, -0.2) is 0 Å². The molecule has 100 valence electrons. The average Bonchev–Trinajstić information content (AvgIpc) is 2.30. The van der Waals surface area contributed by atoms with Crippen molar-refractivity contribution in [2.45, 2.75) is 53.1 Å². The van der Waals surface area contributed by atoms with Gasteiger partial charge >= 0.3 is 0 Å². The zero-order valence-corrected chi connectivity index (χ0v) is 13.5. The molecule has 0 spiro atoms. The lowest BCUT2D eigenvalue weighted by Crippen LogP contribution is -2.38. The van der Waals surface area contributed by atoms with E-state index < -0.39 is 0 Å². The van der Waals surface area contributed by atoms with Crippen LogP contribution < -0.4 is 0 Å². The third kappa shape index (κ3) is 4.09. The van der Waals surface area contributed by atoms with E-state index >= 15 is 0 Å². The van der Waals surface area contributed by atoms with E-state index in [1.165, 1.54) is 12.8 Å². The van der Waals surface area contributed by atoms with Crippen LogP contribution in [0.4, 0.5) is 0 Å². The Labute approximate surface area is 110 Å². The summed E-state index contributed by atoms with van der Waals surface area (Å²) in [5, 5.41) is 0. The van der Waals surface area contributed by atoms with Crippen LogP contribution in [0.1, 0.15) is 47.5 Å². The third-order valence-electron chi connectivity index (χ3n) is 5.02. The topological polar surface area (TPSA) is 0 Å². The molecular formula is C16H31P. The molecule has 1 rings (SSSR count). The van der Waals surface area contributed by atoms with Crippen LogP contribution in [-0.2, 0) is 0 Å². The van der Waals surface area contributed by atoms with Crippen molar-refractivity contribution in [1.29, 1.82) is 0 Å². The molecule has 0 amide bonds. The second kappa shape index (κ2) is 6.93. The second-order valence-corrected chi connectivity index (χ2v) is 7.87. The van der Waals surface area contributed by atoms with E-state index in [1.807, 2.05) is 0 Å². The molecule has 0 aromatic heterocycles. The minimum absolute atomic E-state index is 0.813. The molecule has 0 aromatic carbocycles. The van der Waals surface area contributed by atoms with Gasteiger partial charge in [0.05, 0.1) is 0 Å². The third-order valence-corrected chi connectivity index (χ3v) is 6.36. The summed E-state index contributed by atoms with van der Waals surface area (Å²) >= 11 is 0. The zero-order valence-electron chi connectivity index (χ0n) is 12.5. The molecule has 1 saturated carbocycles. The Hall–Kier alpha value is 0.170. The average molecular weight is 254 g/mol. The van der Waals surface area contributed by atoms with Crippen molar-refractivity contribution < 1.29 is 0 Å². The molecule has 6 unspecified atom stereocenters. The summed E-state index contributed by atoms with van der Waals surface area (Å²) in [4.78, 5) is 0. The van der Waals surface area contributed by atoms with Crippen molar-refractivity contribution in [2.75, 3.05) is 6.66 Å².